The summed E-state index contributed by atoms with van der Waals surface area (Å²) in [6, 6.07) is 10.1. The predicted octanol–water partition coefficient (Wildman–Crippen LogP) is 3.62. The fraction of sp³-hybridized carbons (Fsp3) is 0.417. The molecule has 1 aromatic heterocycles. The SMILES string of the molecule is Cc1nc2cc(OCC(O)CN3CCN(CC(=O)Nc4ccc(C(F)(F)F)cc4)CC3)ccc2s1. The Labute approximate surface area is 205 Å². The molecule has 11 heteroatoms. The first kappa shape index (κ1) is 25.4. The molecule has 0 spiro atoms. The van der Waals surface area contributed by atoms with Crippen LogP contribution in [0.4, 0.5) is 18.9 Å². The van der Waals surface area contributed by atoms with Gasteiger partial charge in [-0.1, -0.05) is 0 Å². The molecule has 7 nitrogen and oxygen atoms in total. The van der Waals surface area contributed by atoms with Crippen molar-refractivity contribution in [1.29, 1.82) is 0 Å². The van der Waals surface area contributed by atoms with Crippen LogP contribution in [0.15, 0.2) is 42.5 Å². The van der Waals surface area contributed by atoms with Crippen molar-refractivity contribution in [2.75, 3.05) is 51.2 Å². The molecule has 0 saturated carbocycles. The van der Waals surface area contributed by atoms with Gasteiger partial charge in [-0.2, -0.15) is 13.2 Å². The van der Waals surface area contributed by atoms with Gasteiger partial charge in [-0.05, 0) is 43.3 Å². The summed E-state index contributed by atoms with van der Waals surface area (Å²) in [5.41, 5.74) is 0.460. The van der Waals surface area contributed by atoms with E-state index in [2.05, 4.69) is 15.2 Å². The molecule has 2 aromatic carbocycles. The van der Waals surface area contributed by atoms with Crippen LogP contribution >= 0.6 is 11.3 Å². The first-order valence-corrected chi connectivity index (χ1v) is 12.1. The number of carbonyl (C=O) groups excluding carboxylic acids is 1. The summed E-state index contributed by atoms with van der Waals surface area (Å²) < 4.78 is 44.8. The number of aromatic nitrogens is 1. The van der Waals surface area contributed by atoms with Gasteiger partial charge in [-0.15, -0.1) is 11.3 Å². The highest BCUT2D eigenvalue weighted by Gasteiger charge is 2.30. The van der Waals surface area contributed by atoms with Gasteiger partial charge in [0.05, 0.1) is 27.3 Å². The number of alkyl halides is 3. The second kappa shape index (κ2) is 10.9. The van der Waals surface area contributed by atoms with Crippen LogP contribution in [0.2, 0.25) is 0 Å². The molecular weight excluding hydrogens is 481 g/mol. The summed E-state index contributed by atoms with van der Waals surface area (Å²) >= 11 is 1.62. The summed E-state index contributed by atoms with van der Waals surface area (Å²) in [4.78, 5) is 20.8. The molecule has 1 unspecified atom stereocenters. The van der Waals surface area contributed by atoms with Gasteiger partial charge in [-0.25, -0.2) is 4.98 Å². The summed E-state index contributed by atoms with van der Waals surface area (Å²) in [6.07, 6.45) is -5.06. The molecule has 0 bridgehead atoms. The number of aryl methyl sites for hydroxylation is 1. The standard InChI is InChI=1S/C24H27F3N4O3S/c1-16-28-21-12-20(6-7-22(21)35-16)34-15-19(32)13-30-8-10-31(11-9-30)14-23(33)29-18-4-2-17(3-5-18)24(25,26)27/h2-7,12,19,32H,8-11,13-15H2,1H3,(H,29,33). The van der Waals surface area contributed by atoms with E-state index in [4.69, 9.17) is 4.74 Å². The van der Waals surface area contributed by atoms with E-state index < -0.39 is 17.8 Å². The van der Waals surface area contributed by atoms with E-state index in [0.29, 0.717) is 44.2 Å². The largest absolute Gasteiger partial charge is 0.491 e. The Balaban J connectivity index is 1.16. The van der Waals surface area contributed by atoms with E-state index in [1.807, 2.05) is 30.0 Å². The molecule has 1 fully saturated rings. The van der Waals surface area contributed by atoms with E-state index in [0.717, 1.165) is 27.4 Å². The number of nitrogens with zero attached hydrogens (tertiary/aromatic N) is 3. The number of ether oxygens (including phenoxy) is 1. The Bertz CT molecular complexity index is 1150. The minimum Gasteiger partial charge on any atom is -0.491 e. The lowest BCUT2D eigenvalue weighted by atomic mass is 10.2. The van der Waals surface area contributed by atoms with E-state index in [-0.39, 0.29) is 19.1 Å². The third-order valence-corrected chi connectivity index (χ3v) is 6.66. The Morgan fingerprint density at radius 3 is 2.51 bits per heavy atom. The van der Waals surface area contributed by atoms with Crippen LogP contribution in [-0.2, 0) is 11.0 Å². The number of fused-ring (bicyclic) bond motifs is 1. The smallest absolute Gasteiger partial charge is 0.416 e. The Kier molecular flexibility index (Phi) is 7.90. The molecule has 1 saturated heterocycles. The van der Waals surface area contributed by atoms with Crippen molar-refractivity contribution < 1.29 is 27.8 Å². The highest BCUT2D eigenvalue weighted by molar-refractivity contribution is 7.18. The predicted molar refractivity (Wildman–Crippen MR) is 129 cm³/mol. The summed E-state index contributed by atoms with van der Waals surface area (Å²) in [7, 11) is 0. The molecule has 4 rings (SSSR count). The number of nitrogens with one attached hydrogen (secondary N) is 1. The highest BCUT2D eigenvalue weighted by Crippen LogP contribution is 2.30. The molecule has 0 aliphatic carbocycles. The maximum atomic E-state index is 12.7. The molecule has 2 N–H and O–H groups in total. The molecule has 1 amide bonds. The van der Waals surface area contributed by atoms with Gasteiger partial charge in [0.1, 0.15) is 18.5 Å². The first-order valence-electron chi connectivity index (χ1n) is 11.3. The molecule has 2 heterocycles. The summed E-state index contributed by atoms with van der Waals surface area (Å²) in [5.74, 6) is 0.393. The second-order valence-corrected chi connectivity index (χ2v) is 9.76. The number of amides is 1. The number of β-amino-alcohol motifs (C(OH)–C–C–N with tert-alkyl or cyclic N) is 1. The number of thiazole rings is 1. The van der Waals surface area contributed by atoms with Crippen molar-refractivity contribution in [2.45, 2.75) is 19.2 Å². The van der Waals surface area contributed by atoms with Crippen LogP contribution in [0.25, 0.3) is 10.2 Å². The third-order valence-electron chi connectivity index (χ3n) is 5.71. The van der Waals surface area contributed by atoms with Gasteiger partial charge in [-0.3, -0.25) is 14.6 Å². The normalized spacial score (nSPS) is 16.4. The number of halogens is 3. The van der Waals surface area contributed by atoms with E-state index in [1.165, 1.54) is 12.1 Å². The van der Waals surface area contributed by atoms with Gasteiger partial charge >= 0.3 is 6.18 Å². The zero-order chi connectivity index (χ0) is 25.0. The molecule has 1 aliphatic rings. The number of piperazine rings is 1. The van der Waals surface area contributed by atoms with Crippen molar-refractivity contribution in [2.24, 2.45) is 0 Å². The molecular formula is C24H27F3N4O3S. The minimum absolute atomic E-state index is 0.152. The maximum absolute atomic E-state index is 12.7. The lowest BCUT2D eigenvalue weighted by molar-refractivity contribution is -0.137. The highest BCUT2D eigenvalue weighted by atomic mass is 32.1. The molecule has 1 aliphatic heterocycles. The average molecular weight is 509 g/mol. The van der Waals surface area contributed by atoms with Crippen molar-refractivity contribution in [3.63, 3.8) is 0 Å². The van der Waals surface area contributed by atoms with E-state index in [1.54, 1.807) is 11.3 Å². The fourth-order valence-electron chi connectivity index (χ4n) is 3.93. The maximum Gasteiger partial charge on any atom is 0.416 e. The fourth-order valence-corrected chi connectivity index (χ4v) is 4.74. The summed E-state index contributed by atoms with van der Waals surface area (Å²) in [5, 5.41) is 14.0. The van der Waals surface area contributed by atoms with Crippen molar-refractivity contribution in [3.05, 3.63) is 53.0 Å². The van der Waals surface area contributed by atoms with Gasteiger partial charge < -0.3 is 15.2 Å². The number of benzene rings is 2. The third kappa shape index (κ3) is 7.14. The Hall–Kier alpha value is -2.73. The number of aliphatic hydroxyl groups excluding tert-OH is 1. The van der Waals surface area contributed by atoms with Crippen molar-refractivity contribution in [1.82, 2.24) is 14.8 Å². The van der Waals surface area contributed by atoms with Crippen LogP contribution in [0.5, 0.6) is 5.75 Å². The minimum atomic E-state index is -4.41. The molecule has 188 valence electrons. The zero-order valence-electron chi connectivity index (χ0n) is 19.2. The van der Waals surface area contributed by atoms with Crippen LogP contribution in [0.1, 0.15) is 10.6 Å². The lowest BCUT2D eigenvalue weighted by Crippen LogP contribution is -2.50. The molecule has 0 radical (unpaired) electrons. The van der Waals surface area contributed by atoms with E-state index >= 15 is 0 Å². The lowest BCUT2D eigenvalue weighted by Gasteiger charge is -2.35. The Morgan fingerprint density at radius 2 is 1.83 bits per heavy atom. The number of hydrogen-bond acceptors (Lipinski definition) is 7. The number of rotatable bonds is 8. The topological polar surface area (TPSA) is 77.9 Å². The second-order valence-electron chi connectivity index (χ2n) is 8.53. The number of carbonyl (C=O) groups is 1. The quantitative estimate of drug-likeness (QED) is 0.484. The van der Waals surface area contributed by atoms with Gasteiger partial charge in [0.25, 0.3) is 0 Å². The van der Waals surface area contributed by atoms with Crippen LogP contribution in [0.3, 0.4) is 0 Å². The van der Waals surface area contributed by atoms with Gasteiger partial charge in [0, 0.05) is 44.5 Å². The first-order chi connectivity index (χ1) is 16.7. The van der Waals surface area contributed by atoms with Gasteiger partial charge in [0.15, 0.2) is 0 Å². The van der Waals surface area contributed by atoms with Gasteiger partial charge in [0.2, 0.25) is 5.91 Å². The monoisotopic (exact) mass is 508 g/mol. The molecule has 3 aromatic rings. The number of aliphatic hydroxyl groups is 1. The van der Waals surface area contributed by atoms with Crippen molar-refractivity contribution >= 4 is 33.1 Å². The number of hydrogen-bond donors (Lipinski definition) is 2. The van der Waals surface area contributed by atoms with Crippen LogP contribution in [-0.4, -0.2) is 77.8 Å². The molecule has 35 heavy (non-hydrogen) atoms. The van der Waals surface area contributed by atoms with Crippen LogP contribution < -0.4 is 10.1 Å². The van der Waals surface area contributed by atoms with Crippen molar-refractivity contribution in [3.8, 4) is 5.75 Å². The molecule has 1 atom stereocenters. The zero-order valence-corrected chi connectivity index (χ0v) is 20.0. The van der Waals surface area contributed by atoms with Crippen LogP contribution in [0, 0.1) is 6.92 Å². The average Bonchev–Trinajstić information content (AvgIpc) is 3.18. The Morgan fingerprint density at radius 1 is 1.14 bits per heavy atom. The number of anilines is 1. The summed E-state index contributed by atoms with van der Waals surface area (Å²) in [6.45, 7) is 5.42. The van der Waals surface area contributed by atoms with E-state index in [9.17, 15) is 23.1 Å².